The maximum Gasteiger partial charge on any atom is 0.394 e. The number of hydrogen-bond donors (Lipinski definition) is 4. The number of hydrazine groups is 1. The van der Waals surface area contributed by atoms with Crippen LogP contribution in [0.4, 0.5) is 5.69 Å². The van der Waals surface area contributed by atoms with E-state index in [1.807, 2.05) is 18.2 Å². The highest BCUT2D eigenvalue weighted by Crippen LogP contribution is 2.18. The lowest BCUT2D eigenvalue weighted by Crippen LogP contribution is -2.06. The number of benzene rings is 1. The number of hydrogen-bond acceptors (Lipinski definition) is 4. The summed E-state index contributed by atoms with van der Waals surface area (Å²) in [6.45, 7) is 0. The van der Waals surface area contributed by atoms with Crippen LogP contribution in [0, 0.1) is 0 Å². The van der Waals surface area contributed by atoms with Crippen LogP contribution in [0.5, 0.6) is 0 Å². The number of anilines is 1. The van der Waals surface area contributed by atoms with Gasteiger partial charge in [0.05, 0.1) is 10.7 Å². The van der Waals surface area contributed by atoms with Crippen molar-refractivity contribution < 1.29 is 17.5 Å². The molecular weight excluding hydrogens is 232 g/mol. The summed E-state index contributed by atoms with van der Waals surface area (Å²) < 4.78 is 31.6. The molecule has 0 radical (unpaired) electrons. The van der Waals surface area contributed by atoms with E-state index in [1.54, 1.807) is 6.07 Å². The number of nitrogens with one attached hydrogen (secondary N) is 1. The molecular formula is C6H9ClN2O4S. The van der Waals surface area contributed by atoms with E-state index >= 15 is 0 Å². The lowest BCUT2D eigenvalue weighted by Gasteiger charge is -1.99. The van der Waals surface area contributed by atoms with Crippen molar-refractivity contribution in [2.75, 3.05) is 5.43 Å². The minimum atomic E-state index is -4.67. The van der Waals surface area contributed by atoms with Gasteiger partial charge in [0.1, 0.15) is 0 Å². The third kappa shape index (κ3) is 7.77. The molecule has 0 aliphatic rings. The van der Waals surface area contributed by atoms with E-state index < -0.39 is 10.4 Å². The van der Waals surface area contributed by atoms with Crippen molar-refractivity contribution >= 4 is 27.7 Å². The molecule has 0 saturated heterocycles. The van der Waals surface area contributed by atoms with Gasteiger partial charge in [0.25, 0.3) is 0 Å². The maximum absolute atomic E-state index is 8.74. The molecule has 0 aliphatic heterocycles. The molecule has 0 heterocycles. The zero-order chi connectivity index (χ0) is 11.2. The summed E-state index contributed by atoms with van der Waals surface area (Å²) >= 11 is 5.68. The molecule has 1 aromatic rings. The lowest BCUT2D eigenvalue weighted by atomic mass is 10.3. The average Bonchev–Trinajstić information content (AvgIpc) is 2.02. The van der Waals surface area contributed by atoms with Crippen LogP contribution in [0.3, 0.4) is 0 Å². The summed E-state index contributed by atoms with van der Waals surface area (Å²) in [4.78, 5) is 0. The van der Waals surface area contributed by atoms with Crippen LogP contribution in [0.15, 0.2) is 24.3 Å². The van der Waals surface area contributed by atoms with E-state index in [0.29, 0.717) is 5.02 Å². The molecule has 5 N–H and O–H groups in total. The van der Waals surface area contributed by atoms with Crippen molar-refractivity contribution in [2.45, 2.75) is 0 Å². The van der Waals surface area contributed by atoms with Crippen LogP contribution < -0.4 is 11.3 Å². The molecule has 0 fully saturated rings. The van der Waals surface area contributed by atoms with E-state index in [2.05, 4.69) is 5.43 Å². The van der Waals surface area contributed by atoms with Gasteiger partial charge in [0.15, 0.2) is 0 Å². The smallest absolute Gasteiger partial charge is 0.323 e. The Balaban J connectivity index is 0.000000292. The summed E-state index contributed by atoms with van der Waals surface area (Å²) in [5.41, 5.74) is 3.21. The number of para-hydroxylation sites is 1. The molecule has 1 aromatic carbocycles. The quantitative estimate of drug-likeness (QED) is 0.331. The Bertz CT molecular complexity index is 373. The summed E-state index contributed by atoms with van der Waals surface area (Å²) in [5, 5.41) is 0.639. The Morgan fingerprint density at radius 1 is 1.29 bits per heavy atom. The number of nitrogen functional groups attached to an aromatic ring is 1. The van der Waals surface area contributed by atoms with E-state index in [0.717, 1.165) is 5.69 Å². The van der Waals surface area contributed by atoms with Gasteiger partial charge >= 0.3 is 10.4 Å². The largest absolute Gasteiger partial charge is 0.394 e. The van der Waals surface area contributed by atoms with Gasteiger partial charge in [-0.2, -0.15) is 8.42 Å². The van der Waals surface area contributed by atoms with Crippen LogP contribution in [0.1, 0.15) is 0 Å². The van der Waals surface area contributed by atoms with Crippen LogP contribution >= 0.6 is 11.6 Å². The van der Waals surface area contributed by atoms with Crippen molar-refractivity contribution in [1.82, 2.24) is 0 Å². The molecule has 0 amide bonds. The highest BCUT2D eigenvalue weighted by atomic mass is 35.5. The van der Waals surface area contributed by atoms with E-state index in [9.17, 15) is 0 Å². The normalized spacial score (nSPS) is 10.0. The molecule has 0 aromatic heterocycles. The molecule has 8 heteroatoms. The molecule has 6 nitrogen and oxygen atoms in total. The van der Waals surface area contributed by atoms with Crippen LogP contribution in [-0.2, 0) is 10.4 Å². The molecule has 14 heavy (non-hydrogen) atoms. The second-order valence-corrected chi connectivity index (χ2v) is 3.37. The third-order valence-electron chi connectivity index (χ3n) is 1.03. The molecule has 0 spiro atoms. The van der Waals surface area contributed by atoms with Crippen molar-refractivity contribution in [2.24, 2.45) is 5.84 Å². The van der Waals surface area contributed by atoms with Gasteiger partial charge in [-0.3, -0.25) is 14.9 Å². The second-order valence-electron chi connectivity index (χ2n) is 2.07. The van der Waals surface area contributed by atoms with Gasteiger partial charge in [0, 0.05) is 0 Å². The first kappa shape index (κ1) is 13.1. The highest BCUT2D eigenvalue weighted by molar-refractivity contribution is 7.79. The zero-order valence-electron chi connectivity index (χ0n) is 6.88. The van der Waals surface area contributed by atoms with Gasteiger partial charge in [-0.1, -0.05) is 23.7 Å². The molecule has 0 unspecified atom stereocenters. The van der Waals surface area contributed by atoms with Gasteiger partial charge < -0.3 is 5.43 Å². The van der Waals surface area contributed by atoms with E-state index in [-0.39, 0.29) is 0 Å². The molecule has 0 aliphatic carbocycles. The van der Waals surface area contributed by atoms with Crippen molar-refractivity contribution in [3.05, 3.63) is 29.3 Å². The first-order valence-corrected chi connectivity index (χ1v) is 5.03. The standard InChI is InChI=1S/C6H7ClN2.H2O4S/c7-5-3-1-2-4-6(5)9-8;1-5(2,3)4/h1-4,9H,8H2;(H2,1,2,3,4). The Labute approximate surface area is 86.2 Å². The third-order valence-corrected chi connectivity index (χ3v) is 1.36. The molecule has 1 rings (SSSR count). The zero-order valence-corrected chi connectivity index (χ0v) is 8.46. The fourth-order valence-corrected chi connectivity index (χ4v) is 0.769. The fraction of sp³-hybridized carbons (Fsp3) is 0. The van der Waals surface area contributed by atoms with Crippen LogP contribution in [0.25, 0.3) is 0 Å². The SMILES string of the molecule is NNc1ccccc1Cl.O=S(=O)(O)O. The van der Waals surface area contributed by atoms with Gasteiger partial charge in [-0.15, -0.1) is 0 Å². The van der Waals surface area contributed by atoms with Gasteiger partial charge in [-0.05, 0) is 12.1 Å². The first-order chi connectivity index (χ1) is 6.34. The Morgan fingerprint density at radius 3 is 2.00 bits per heavy atom. The molecule has 80 valence electrons. The molecule has 0 saturated carbocycles. The first-order valence-electron chi connectivity index (χ1n) is 3.25. The van der Waals surface area contributed by atoms with Crippen LogP contribution in [-0.4, -0.2) is 17.5 Å². The number of nitrogens with two attached hydrogens (primary N) is 1. The van der Waals surface area contributed by atoms with Crippen molar-refractivity contribution in [3.8, 4) is 0 Å². The second kappa shape index (κ2) is 5.78. The number of halogens is 1. The maximum atomic E-state index is 8.74. The Morgan fingerprint density at radius 2 is 1.71 bits per heavy atom. The predicted octanol–water partition coefficient (Wildman–Crippen LogP) is 0.973. The van der Waals surface area contributed by atoms with E-state index in [1.165, 1.54) is 0 Å². The summed E-state index contributed by atoms with van der Waals surface area (Å²) in [7, 11) is -4.67. The average molecular weight is 241 g/mol. The minimum Gasteiger partial charge on any atom is -0.323 e. The van der Waals surface area contributed by atoms with Crippen molar-refractivity contribution in [3.63, 3.8) is 0 Å². The minimum absolute atomic E-state index is 0.639. The van der Waals surface area contributed by atoms with Gasteiger partial charge in [0.2, 0.25) is 0 Å². The molecule has 0 atom stereocenters. The predicted molar refractivity (Wildman–Crippen MR) is 53.4 cm³/mol. The highest BCUT2D eigenvalue weighted by Gasteiger charge is 1.91. The Kier molecular flexibility index (Phi) is 5.43. The Hall–Kier alpha value is -0.860. The molecule has 0 bridgehead atoms. The van der Waals surface area contributed by atoms with Crippen LogP contribution in [0.2, 0.25) is 5.02 Å². The summed E-state index contributed by atoms with van der Waals surface area (Å²) in [6, 6.07) is 7.29. The van der Waals surface area contributed by atoms with E-state index in [4.69, 9.17) is 35.0 Å². The lowest BCUT2D eigenvalue weighted by molar-refractivity contribution is 0.381. The van der Waals surface area contributed by atoms with Crippen molar-refractivity contribution in [1.29, 1.82) is 0 Å². The fourth-order valence-electron chi connectivity index (χ4n) is 0.578. The van der Waals surface area contributed by atoms with Gasteiger partial charge in [-0.25, -0.2) is 0 Å². The number of rotatable bonds is 1. The summed E-state index contributed by atoms with van der Waals surface area (Å²) in [6.07, 6.45) is 0. The topological polar surface area (TPSA) is 113 Å². The summed E-state index contributed by atoms with van der Waals surface area (Å²) in [5.74, 6) is 5.12. The monoisotopic (exact) mass is 240 g/mol.